The molecule has 0 aliphatic rings. The molecule has 0 spiro atoms. The van der Waals surface area contributed by atoms with Crippen molar-refractivity contribution in [3.63, 3.8) is 0 Å². The van der Waals surface area contributed by atoms with Crippen LogP contribution in [0.4, 0.5) is 0 Å². The normalized spacial score (nSPS) is 8.23. The minimum atomic E-state index is -0.964. The quantitative estimate of drug-likeness (QED) is 0.732. The summed E-state index contributed by atoms with van der Waals surface area (Å²) < 4.78 is 7.01. The summed E-state index contributed by atoms with van der Waals surface area (Å²) in [5.74, 6) is -0.385. The van der Waals surface area contributed by atoms with Gasteiger partial charge in [0.15, 0.2) is 6.61 Å². The van der Waals surface area contributed by atoms with Gasteiger partial charge in [0.2, 0.25) is 0 Å². The molecule has 0 aromatic heterocycles. The second-order valence-electron chi connectivity index (χ2n) is 2.00. The molecular weight excluding hydrogens is 179 g/mol. The maximum absolute atomic E-state index is 10.0. The van der Waals surface area contributed by atoms with Crippen molar-refractivity contribution in [2.75, 3.05) is 6.61 Å². The van der Waals surface area contributed by atoms with Crippen LogP contribution >= 0.6 is 0 Å². The third-order valence-electron chi connectivity index (χ3n) is 1.11. The van der Waals surface area contributed by atoms with Crippen LogP contribution in [0.5, 0.6) is 5.75 Å². The standard InChI is InChI=1S/C8H8O3.CH3.Na/c9-8(10)6-11-7-4-2-1-3-5-7;;/h1-5H,6H2,(H,9,10);1H3;. The second-order valence-corrected chi connectivity index (χ2v) is 2.00. The third kappa shape index (κ3) is 6.63. The van der Waals surface area contributed by atoms with E-state index < -0.39 is 5.97 Å². The summed E-state index contributed by atoms with van der Waals surface area (Å²) in [6.07, 6.45) is 0. The monoisotopic (exact) mass is 190 g/mol. The Balaban J connectivity index is 0.000000671. The number of rotatable bonds is 3. The Hall–Kier alpha value is -0.510. The van der Waals surface area contributed by atoms with E-state index in [1.807, 2.05) is 6.07 Å². The fourth-order valence-electron chi connectivity index (χ4n) is 0.662. The van der Waals surface area contributed by atoms with Gasteiger partial charge in [0.25, 0.3) is 0 Å². The zero-order valence-corrected chi connectivity index (χ0v) is 9.86. The van der Waals surface area contributed by atoms with Gasteiger partial charge >= 0.3 is 38.1 Å². The molecule has 1 aromatic carbocycles. The molecule has 0 amide bonds. The Morgan fingerprint density at radius 1 is 1.38 bits per heavy atom. The molecular formula is C9H11NaO3. The maximum atomic E-state index is 10.0. The van der Waals surface area contributed by atoms with Crippen LogP contribution in [0.15, 0.2) is 30.3 Å². The number of carboxylic acid groups (broad SMARTS) is 1. The van der Waals surface area contributed by atoms with E-state index in [9.17, 15) is 4.79 Å². The van der Waals surface area contributed by atoms with Crippen LogP contribution in [0.3, 0.4) is 0 Å². The van der Waals surface area contributed by atoms with Crippen LogP contribution in [-0.4, -0.2) is 45.6 Å². The van der Waals surface area contributed by atoms with Gasteiger partial charge in [-0.15, -0.1) is 0 Å². The van der Waals surface area contributed by atoms with Gasteiger partial charge in [0.1, 0.15) is 5.75 Å². The summed E-state index contributed by atoms with van der Waals surface area (Å²) in [7, 11) is 0. The molecule has 0 fully saturated rings. The fourth-order valence-corrected chi connectivity index (χ4v) is 0.662. The van der Waals surface area contributed by atoms with E-state index in [1.54, 1.807) is 24.3 Å². The molecule has 1 N–H and O–H groups in total. The number of carbonyl (C=O) groups is 1. The van der Waals surface area contributed by atoms with E-state index in [0.29, 0.717) is 5.75 Å². The Kier molecular flexibility index (Phi) is 7.79. The van der Waals surface area contributed by atoms with Crippen LogP contribution in [0, 0.1) is 0 Å². The van der Waals surface area contributed by atoms with Crippen LogP contribution in [0.1, 0.15) is 0 Å². The molecule has 0 aliphatic heterocycles. The van der Waals surface area contributed by atoms with Gasteiger partial charge in [-0.1, -0.05) is 18.2 Å². The SMILES string of the molecule is O=C(O)COc1ccccc1.[CH3][Na]. The number of aliphatic carboxylic acids is 1. The summed E-state index contributed by atoms with van der Waals surface area (Å²) in [5.41, 5.74) is 0. The average molecular weight is 190 g/mol. The van der Waals surface area contributed by atoms with E-state index in [0.717, 1.165) is 0 Å². The Morgan fingerprint density at radius 2 is 1.92 bits per heavy atom. The van der Waals surface area contributed by atoms with Crippen LogP contribution in [0.2, 0.25) is 4.17 Å². The molecule has 0 aliphatic carbocycles. The molecule has 13 heavy (non-hydrogen) atoms. The first-order valence-electron chi connectivity index (χ1n) is 4.18. The minimum absolute atomic E-state index is 0.288. The Labute approximate surface area is 95.1 Å². The van der Waals surface area contributed by atoms with Crippen LogP contribution in [-0.2, 0) is 4.79 Å². The molecule has 0 saturated heterocycles. The van der Waals surface area contributed by atoms with E-state index in [-0.39, 0.29) is 6.61 Å². The number of para-hydroxylation sites is 1. The molecule has 0 heterocycles. The Morgan fingerprint density at radius 3 is 2.38 bits per heavy atom. The first kappa shape index (κ1) is 12.5. The van der Waals surface area contributed by atoms with Gasteiger partial charge in [0, 0.05) is 0 Å². The van der Waals surface area contributed by atoms with Crippen molar-refractivity contribution < 1.29 is 14.6 Å². The summed E-state index contributed by atoms with van der Waals surface area (Å²) in [5, 5.41) is 8.25. The number of benzene rings is 1. The molecule has 0 unspecified atom stereocenters. The van der Waals surface area contributed by atoms with Gasteiger partial charge in [-0.3, -0.25) is 0 Å². The first-order chi connectivity index (χ1) is 6.29. The zero-order valence-electron chi connectivity index (χ0n) is 7.86. The van der Waals surface area contributed by atoms with Crippen molar-refractivity contribution in [1.82, 2.24) is 0 Å². The molecule has 0 atom stereocenters. The van der Waals surface area contributed by atoms with Crippen molar-refractivity contribution >= 4 is 33.9 Å². The van der Waals surface area contributed by atoms with E-state index in [1.165, 1.54) is 27.9 Å². The van der Waals surface area contributed by atoms with E-state index in [4.69, 9.17) is 9.84 Å². The van der Waals surface area contributed by atoms with Crippen molar-refractivity contribution in [2.45, 2.75) is 4.17 Å². The summed E-state index contributed by atoms with van der Waals surface area (Å²) >= 11 is 1.31. The molecule has 0 radical (unpaired) electrons. The molecule has 1 rings (SSSR count). The molecule has 0 bridgehead atoms. The zero-order chi connectivity index (χ0) is 10.1. The molecule has 1 aromatic rings. The van der Waals surface area contributed by atoms with Crippen LogP contribution in [0.25, 0.3) is 0 Å². The van der Waals surface area contributed by atoms with Crippen molar-refractivity contribution in [3.05, 3.63) is 30.3 Å². The average Bonchev–Trinajstić information content (AvgIpc) is 2.19. The summed E-state index contributed by atoms with van der Waals surface area (Å²) in [4.78, 5) is 10.0. The van der Waals surface area contributed by atoms with Gasteiger partial charge in [-0.05, 0) is 12.1 Å². The number of hydrogen-bond acceptors (Lipinski definition) is 2. The van der Waals surface area contributed by atoms with Crippen LogP contribution < -0.4 is 4.74 Å². The van der Waals surface area contributed by atoms with Gasteiger partial charge in [-0.2, -0.15) is 0 Å². The molecule has 0 saturated carbocycles. The molecule has 4 heteroatoms. The summed E-state index contributed by atoms with van der Waals surface area (Å²) in [6.45, 7) is -0.288. The number of carboxylic acids is 1. The number of ether oxygens (including phenoxy) is 1. The number of hydrogen-bond donors (Lipinski definition) is 1. The second kappa shape index (κ2) is 8.10. The molecule has 3 nitrogen and oxygen atoms in total. The predicted molar refractivity (Wildman–Crippen MR) is 51.2 cm³/mol. The topological polar surface area (TPSA) is 46.5 Å². The van der Waals surface area contributed by atoms with Crippen molar-refractivity contribution in [1.29, 1.82) is 0 Å². The van der Waals surface area contributed by atoms with E-state index >= 15 is 0 Å². The van der Waals surface area contributed by atoms with Crippen molar-refractivity contribution in [2.24, 2.45) is 0 Å². The third-order valence-corrected chi connectivity index (χ3v) is 1.11. The summed E-state index contributed by atoms with van der Waals surface area (Å²) in [6, 6.07) is 8.84. The van der Waals surface area contributed by atoms with Gasteiger partial charge in [0.05, 0.1) is 0 Å². The Bertz CT molecular complexity index is 236. The first-order valence-corrected chi connectivity index (χ1v) is 6.18. The predicted octanol–water partition coefficient (Wildman–Crippen LogP) is 1.35. The van der Waals surface area contributed by atoms with Gasteiger partial charge < -0.3 is 9.84 Å². The molecule has 66 valence electrons. The fraction of sp³-hybridized carbons (Fsp3) is 0.222. The van der Waals surface area contributed by atoms with Gasteiger partial charge in [-0.25, -0.2) is 4.79 Å². The van der Waals surface area contributed by atoms with Crippen molar-refractivity contribution in [3.8, 4) is 5.75 Å². The van der Waals surface area contributed by atoms with E-state index in [2.05, 4.69) is 4.17 Å².